The molecule has 0 bridgehead atoms. The minimum absolute atomic E-state index is 0.0921. The molecule has 2 heterocycles. The highest BCUT2D eigenvalue weighted by molar-refractivity contribution is 6.00. The monoisotopic (exact) mass is 292 g/mol. The second kappa shape index (κ2) is 4.97. The molecule has 2 unspecified atom stereocenters. The first kappa shape index (κ1) is 13.6. The Balaban J connectivity index is 1.61. The number of ether oxygens (including phenoxy) is 1. The summed E-state index contributed by atoms with van der Waals surface area (Å²) >= 11 is 0. The van der Waals surface area contributed by atoms with Gasteiger partial charge in [0.15, 0.2) is 0 Å². The third-order valence-corrected chi connectivity index (χ3v) is 5.69. The van der Waals surface area contributed by atoms with Crippen molar-refractivity contribution in [2.24, 2.45) is 5.92 Å². The summed E-state index contributed by atoms with van der Waals surface area (Å²) in [5.41, 5.74) is -0.575. The van der Waals surface area contributed by atoms with Gasteiger partial charge in [-0.2, -0.15) is 0 Å². The highest BCUT2D eigenvalue weighted by Gasteiger charge is 2.56. The molecule has 0 radical (unpaired) electrons. The maximum atomic E-state index is 13.0. The van der Waals surface area contributed by atoms with Crippen LogP contribution in [-0.4, -0.2) is 47.6 Å². The van der Waals surface area contributed by atoms with E-state index in [0.717, 1.165) is 58.0 Å². The van der Waals surface area contributed by atoms with E-state index in [-0.39, 0.29) is 24.0 Å². The van der Waals surface area contributed by atoms with Gasteiger partial charge in [-0.15, -0.1) is 0 Å². The Labute approximate surface area is 125 Å². The van der Waals surface area contributed by atoms with Crippen molar-refractivity contribution in [3.63, 3.8) is 0 Å². The number of carbonyl (C=O) groups is 2. The highest BCUT2D eigenvalue weighted by atomic mass is 16.5. The first-order chi connectivity index (χ1) is 10.2. The summed E-state index contributed by atoms with van der Waals surface area (Å²) in [6, 6.07) is -0.273. The van der Waals surface area contributed by atoms with Gasteiger partial charge < -0.3 is 15.0 Å². The van der Waals surface area contributed by atoms with Gasteiger partial charge in [0.2, 0.25) is 11.8 Å². The molecular formula is C16H24N2O3. The minimum Gasteiger partial charge on any atom is -0.376 e. The van der Waals surface area contributed by atoms with Crippen LogP contribution in [0.2, 0.25) is 0 Å². The molecule has 2 saturated heterocycles. The van der Waals surface area contributed by atoms with Gasteiger partial charge in [-0.1, -0.05) is 12.8 Å². The molecule has 1 N–H and O–H groups in total. The molecule has 5 heteroatoms. The van der Waals surface area contributed by atoms with Crippen molar-refractivity contribution < 1.29 is 14.3 Å². The standard InChI is InChI=1S/C16H24N2O3/c19-14-13(11-5-6-11)17-15(20)16(7-1-2-8-16)18(14)10-12-4-3-9-21-12/h11-13H,1-10H2,(H,17,20). The van der Waals surface area contributed by atoms with Crippen LogP contribution in [0, 0.1) is 5.92 Å². The third-order valence-electron chi connectivity index (χ3n) is 5.69. The number of amides is 2. The summed E-state index contributed by atoms with van der Waals surface area (Å²) < 4.78 is 5.73. The van der Waals surface area contributed by atoms with Gasteiger partial charge in [0.05, 0.1) is 6.10 Å². The molecule has 2 aliphatic heterocycles. The van der Waals surface area contributed by atoms with Gasteiger partial charge in [-0.3, -0.25) is 9.59 Å². The van der Waals surface area contributed by atoms with Crippen LogP contribution in [0.5, 0.6) is 0 Å². The predicted molar refractivity (Wildman–Crippen MR) is 76.5 cm³/mol. The van der Waals surface area contributed by atoms with Crippen molar-refractivity contribution in [3.05, 3.63) is 0 Å². The fraction of sp³-hybridized carbons (Fsp3) is 0.875. The molecule has 5 nitrogen and oxygen atoms in total. The van der Waals surface area contributed by atoms with Crippen molar-refractivity contribution in [2.45, 2.75) is 69.1 Å². The molecule has 0 aromatic carbocycles. The topological polar surface area (TPSA) is 58.6 Å². The van der Waals surface area contributed by atoms with Gasteiger partial charge in [-0.05, 0) is 44.4 Å². The lowest BCUT2D eigenvalue weighted by molar-refractivity contribution is -0.160. The van der Waals surface area contributed by atoms with Crippen LogP contribution in [-0.2, 0) is 14.3 Å². The van der Waals surface area contributed by atoms with Crippen molar-refractivity contribution in [1.82, 2.24) is 10.2 Å². The molecule has 21 heavy (non-hydrogen) atoms. The smallest absolute Gasteiger partial charge is 0.246 e. The average Bonchev–Trinajstić information content (AvgIpc) is 2.99. The summed E-state index contributed by atoms with van der Waals surface area (Å²) in [6.45, 7) is 1.40. The fourth-order valence-electron chi connectivity index (χ4n) is 4.30. The Bertz CT molecular complexity index is 448. The van der Waals surface area contributed by atoms with Crippen molar-refractivity contribution >= 4 is 11.8 Å². The number of rotatable bonds is 3. The molecule has 4 rings (SSSR count). The Morgan fingerprint density at radius 1 is 1.14 bits per heavy atom. The van der Waals surface area contributed by atoms with E-state index in [9.17, 15) is 9.59 Å². The second-order valence-corrected chi connectivity index (χ2v) is 7.11. The van der Waals surface area contributed by atoms with E-state index in [4.69, 9.17) is 4.74 Å². The lowest BCUT2D eigenvalue weighted by atomic mass is 9.88. The van der Waals surface area contributed by atoms with E-state index in [1.807, 2.05) is 4.90 Å². The molecule has 2 aliphatic carbocycles. The van der Waals surface area contributed by atoms with E-state index in [1.165, 1.54) is 0 Å². The molecule has 2 atom stereocenters. The van der Waals surface area contributed by atoms with Crippen LogP contribution in [0.3, 0.4) is 0 Å². The molecular weight excluding hydrogens is 268 g/mol. The van der Waals surface area contributed by atoms with Crippen LogP contribution in [0.15, 0.2) is 0 Å². The zero-order valence-electron chi connectivity index (χ0n) is 12.5. The molecule has 2 saturated carbocycles. The maximum absolute atomic E-state index is 13.0. The molecule has 4 aliphatic rings. The number of piperazine rings is 1. The fourth-order valence-corrected chi connectivity index (χ4v) is 4.30. The number of nitrogens with one attached hydrogen (secondary N) is 1. The van der Waals surface area contributed by atoms with E-state index in [1.54, 1.807) is 0 Å². The number of hydrogen-bond donors (Lipinski definition) is 1. The van der Waals surface area contributed by atoms with Crippen LogP contribution >= 0.6 is 0 Å². The minimum atomic E-state index is -0.575. The molecule has 2 amide bonds. The lowest BCUT2D eigenvalue weighted by Crippen LogP contribution is -2.71. The van der Waals surface area contributed by atoms with Crippen LogP contribution in [0.25, 0.3) is 0 Å². The zero-order valence-corrected chi connectivity index (χ0v) is 12.5. The second-order valence-electron chi connectivity index (χ2n) is 7.11. The molecule has 1 spiro atoms. The number of carbonyl (C=O) groups excluding carboxylic acids is 2. The van der Waals surface area contributed by atoms with Crippen molar-refractivity contribution in [3.8, 4) is 0 Å². The Kier molecular flexibility index (Phi) is 3.21. The molecule has 4 fully saturated rings. The summed E-state index contributed by atoms with van der Waals surface area (Å²) in [6.07, 6.45) is 8.04. The summed E-state index contributed by atoms with van der Waals surface area (Å²) in [5.74, 6) is 0.608. The molecule has 0 aromatic heterocycles. The Hall–Kier alpha value is -1.10. The van der Waals surface area contributed by atoms with Gasteiger partial charge in [0.25, 0.3) is 0 Å². The highest BCUT2D eigenvalue weighted by Crippen LogP contribution is 2.42. The van der Waals surface area contributed by atoms with E-state index < -0.39 is 5.54 Å². The van der Waals surface area contributed by atoms with Gasteiger partial charge in [0.1, 0.15) is 11.6 Å². The first-order valence-corrected chi connectivity index (χ1v) is 8.45. The van der Waals surface area contributed by atoms with E-state index in [2.05, 4.69) is 5.32 Å². The normalized spacial score (nSPS) is 35.5. The number of hydrogen-bond acceptors (Lipinski definition) is 3. The maximum Gasteiger partial charge on any atom is 0.246 e. The molecule has 0 aromatic rings. The van der Waals surface area contributed by atoms with Crippen LogP contribution < -0.4 is 5.32 Å². The van der Waals surface area contributed by atoms with E-state index in [0.29, 0.717) is 12.5 Å². The van der Waals surface area contributed by atoms with Gasteiger partial charge in [-0.25, -0.2) is 0 Å². The average molecular weight is 292 g/mol. The first-order valence-electron chi connectivity index (χ1n) is 8.45. The van der Waals surface area contributed by atoms with Gasteiger partial charge in [0, 0.05) is 13.2 Å². The SMILES string of the molecule is O=C1C(C2CC2)NC(=O)C2(CCCC2)N1CC1CCCO1. The zero-order chi connectivity index (χ0) is 14.4. The Morgan fingerprint density at radius 2 is 1.90 bits per heavy atom. The summed E-state index contributed by atoms with van der Waals surface area (Å²) in [5, 5.41) is 3.04. The van der Waals surface area contributed by atoms with Gasteiger partial charge >= 0.3 is 0 Å². The predicted octanol–water partition coefficient (Wildman–Crippen LogP) is 1.22. The van der Waals surface area contributed by atoms with Crippen molar-refractivity contribution in [1.29, 1.82) is 0 Å². The Morgan fingerprint density at radius 3 is 2.52 bits per heavy atom. The van der Waals surface area contributed by atoms with Crippen LogP contribution in [0.1, 0.15) is 51.4 Å². The summed E-state index contributed by atoms with van der Waals surface area (Å²) in [4.78, 5) is 27.6. The van der Waals surface area contributed by atoms with Crippen LogP contribution in [0.4, 0.5) is 0 Å². The van der Waals surface area contributed by atoms with Crippen molar-refractivity contribution in [2.75, 3.05) is 13.2 Å². The summed E-state index contributed by atoms with van der Waals surface area (Å²) in [7, 11) is 0. The lowest BCUT2D eigenvalue weighted by Gasteiger charge is -2.47. The quantitative estimate of drug-likeness (QED) is 0.851. The van der Waals surface area contributed by atoms with E-state index >= 15 is 0 Å². The largest absolute Gasteiger partial charge is 0.376 e. The third kappa shape index (κ3) is 2.17. The molecule has 116 valence electrons. The number of nitrogens with zero attached hydrogens (tertiary/aromatic N) is 1.